The number of amides is 1. The van der Waals surface area contributed by atoms with Gasteiger partial charge in [0.15, 0.2) is 6.10 Å². The summed E-state index contributed by atoms with van der Waals surface area (Å²) in [7, 11) is -2.90. The van der Waals surface area contributed by atoms with Crippen LogP contribution in [0, 0.1) is 5.82 Å². The van der Waals surface area contributed by atoms with Crippen molar-refractivity contribution in [2.45, 2.75) is 17.9 Å². The van der Waals surface area contributed by atoms with Crippen LogP contribution in [0.5, 0.6) is 0 Å². The number of carbonyl (C=O) groups is 2. The number of rotatable bonds is 7. The van der Waals surface area contributed by atoms with Gasteiger partial charge in [-0.2, -0.15) is 4.31 Å². The summed E-state index contributed by atoms with van der Waals surface area (Å²) in [6.07, 6.45) is -1.26. The molecule has 2 aromatic carbocycles. The molecule has 0 aliphatic heterocycles. The van der Waals surface area contributed by atoms with Crippen LogP contribution in [0.2, 0.25) is 15.1 Å². The normalized spacial score (nSPS) is 12.5. The zero-order valence-electron chi connectivity index (χ0n) is 15.7. The smallest absolute Gasteiger partial charge is 0.322 e. The van der Waals surface area contributed by atoms with E-state index in [-0.39, 0.29) is 25.7 Å². The first-order valence-electron chi connectivity index (χ1n) is 8.28. The summed E-state index contributed by atoms with van der Waals surface area (Å²) < 4.78 is 43.5. The number of sulfonamides is 1. The first kappa shape index (κ1) is 24.4. The maximum Gasteiger partial charge on any atom is 0.322 e. The van der Waals surface area contributed by atoms with E-state index in [0.29, 0.717) is 0 Å². The van der Waals surface area contributed by atoms with Crippen LogP contribution in [0.15, 0.2) is 41.3 Å². The van der Waals surface area contributed by atoms with Crippen molar-refractivity contribution in [1.82, 2.24) is 4.31 Å². The van der Waals surface area contributed by atoms with Crippen LogP contribution in [0.3, 0.4) is 0 Å². The molecule has 0 radical (unpaired) electrons. The third-order valence-electron chi connectivity index (χ3n) is 3.82. The Balaban J connectivity index is 1.99. The predicted molar refractivity (Wildman–Crippen MR) is 112 cm³/mol. The van der Waals surface area contributed by atoms with Gasteiger partial charge in [0, 0.05) is 7.05 Å². The maximum atomic E-state index is 13.0. The molecule has 1 amide bonds. The highest BCUT2D eigenvalue weighted by Gasteiger charge is 2.26. The second-order valence-electron chi connectivity index (χ2n) is 6.08. The van der Waals surface area contributed by atoms with Gasteiger partial charge in [-0.1, -0.05) is 34.8 Å². The van der Waals surface area contributed by atoms with E-state index in [1.165, 1.54) is 19.1 Å². The number of nitrogens with one attached hydrogen (secondary N) is 1. The Morgan fingerprint density at radius 2 is 1.67 bits per heavy atom. The molecular formula is C18H16Cl3FN2O5S. The Hall–Kier alpha value is -1.91. The van der Waals surface area contributed by atoms with E-state index >= 15 is 0 Å². The SMILES string of the molecule is CC(OC(=O)CN(C)S(=O)(=O)c1ccc(F)cc1)C(=O)Nc1cc(Cl)c(Cl)cc1Cl. The lowest BCUT2D eigenvalue weighted by Gasteiger charge is -2.19. The van der Waals surface area contributed by atoms with Gasteiger partial charge in [0.05, 0.1) is 25.7 Å². The van der Waals surface area contributed by atoms with E-state index in [4.69, 9.17) is 39.5 Å². The van der Waals surface area contributed by atoms with Crippen molar-refractivity contribution in [3.63, 3.8) is 0 Å². The highest BCUT2D eigenvalue weighted by atomic mass is 35.5. The fourth-order valence-corrected chi connectivity index (χ4v) is 3.90. The molecule has 0 aromatic heterocycles. The second kappa shape index (κ2) is 9.93. The average molecular weight is 498 g/mol. The van der Waals surface area contributed by atoms with Crippen molar-refractivity contribution in [3.05, 3.63) is 57.3 Å². The van der Waals surface area contributed by atoms with E-state index in [0.717, 1.165) is 35.6 Å². The van der Waals surface area contributed by atoms with E-state index in [2.05, 4.69) is 5.32 Å². The number of likely N-dealkylation sites (N-methyl/N-ethyl adjacent to an activating group) is 1. The van der Waals surface area contributed by atoms with Gasteiger partial charge >= 0.3 is 5.97 Å². The minimum atomic E-state index is -4.05. The molecule has 1 unspecified atom stereocenters. The number of benzene rings is 2. The summed E-state index contributed by atoms with van der Waals surface area (Å²) in [6.45, 7) is 0.637. The van der Waals surface area contributed by atoms with Gasteiger partial charge < -0.3 is 10.1 Å². The van der Waals surface area contributed by atoms with Crippen LogP contribution >= 0.6 is 34.8 Å². The molecule has 7 nitrogen and oxygen atoms in total. The summed E-state index contributed by atoms with van der Waals surface area (Å²) in [5.41, 5.74) is 0.162. The van der Waals surface area contributed by atoms with Gasteiger partial charge in [-0.25, -0.2) is 12.8 Å². The van der Waals surface area contributed by atoms with Crippen molar-refractivity contribution in [2.24, 2.45) is 0 Å². The Morgan fingerprint density at radius 3 is 2.27 bits per heavy atom. The van der Waals surface area contributed by atoms with Crippen LogP contribution in [0.25, 0.3) is 0 Å². The fraction of sp³-hybridized carbons (Fsp3) is 0.222. The highest BCUT2D eigenvalue weighted by molar-refractivity contribution is 7.89. The van der Waals surface area contributed by atoms with Gasteiger partial charge in [-0.15, -0.1) is 0 Å². The molecule has 0 saturated heterocycles. The summed E-state index contributed by atoms with van der Waals surface area (Å²) in [6, 6.07) is 6.79. The second-order valence-corrected chi connectivity index (χ2v) is 9.35. The molecule has 0 aliphatic rings. The molecule has 0 bridgehead atoms. The topological polar surface area (TPSA) is 92.8 Å². The van der Waals surface area contributed by atoms with Gasteiger partial charge in [0.2, 0.25) is 10.0 Å². The monoisotopic (exact) mass is 496 g/mol. The van der Waals surface area contributed by atoms with Crippen LogP contribution in [-0.2, 0) is 24.3 Å². The predicted octanol–water partition coefficient (Wildman–Crippen LogP) is 3.98. The highest BCUT2D eigenvalue weighted by Crippen LogP contribution is 2.32. The standard InChI is InChI=1S/C18H16Cl3FN2O5S/c1-10(18(26)23-16-8-14(20)13(19)7-15(16)21)29-17(25)9-24(2)30(27,28)12-5-3-11(22)4-6-12/h3-8,10H,9H2,1-2H3,(H,23,26). The molecule has 0 aliphatic carbocycles. The van der Waals surface area contributed by atoms with Gasteiger partial charge in [0.1, 0.15) is 12.4 Å². The van der Waals surface area contributed by atoms with E-state index in [1.54, 1.807) is 0 Å². The molecule has 30 heavy (non-hydrogen) atoms. The number of hydrogen-bond donors (Lipinski definition) is 1. The summed E-state index contributed by atoms with van der Waals surface area (Å²) in [5.74, 6) is -2.28. The van der Waals surface area contributed by atoms with Gasteiger partial charge in [-0.05, 0) is 43.3 Å². The van der Waals surface area contributed by atoms with E-state index < -0.39 is 40.4 Å². The minimum absolute atomic E-state index is 0.126. The minimum Gasteiger partial charge on any atom is -0.452 e. The summed E-state index contributed by atoms with van der Waals surface area (Å²) >= 11 is 17.7. The molecule has 0 spiro atoms. The van der Waals surface area contributed by atoms with Crippen molar-refractivity contribution in [2.75, 3.05) is 18.9 Å². The maximum absolute atomic E-state index is 13.0. The Bertz CT molecular complexity index is 1060. The summed E-state index contributed by atoms with van der Waals surface area (Å²) in [5, 5.41) is 2.93. The molecule has 1 atom stereocenters. The quantitative estimate of drug-likeness (QED) is 0.461. The lowest BCUT2D eigenvalue weighted by molar-refractivity contribution is -0.153. The Kier molecular flexibility index (Phi) is 8.06. The van der Waals surface area contributed by atoms with Crippen LogP contribution in [0.1, 0.15) is 6.92 Å². The van der Waals surface area contributed by atoms with Crippen molar-refractivity contribution < 1.29 is 27.1 Å². The lowest BCUT2D eigenvalue weighted by Crippen LogP contribution is -2.37. The number of ether oxygens (including phenoxy) is 1. The van der Waals surface area contributed by atoms with E-state index in [1.807, 2.05) is 0 Å². The third-order valence-corrected chi connectivity index (χ3v) is 6.67. The fourth-order valence-electron chi connectivity index (χ4n) is 2.19. The average Bonchev–Trinajstić information content (AvgIpc) is 2.66. The van der Waals surface area contributed by atoms with Gasteiger partial charge in [-0.3, -0.25) is 9.59 Å². The molecule has 12 heteroatoms. The Morgan fingerprint density at radius 1 is 1.10 bits per heavy atom. The van der Waals surface area contributed by atoms with Crippen LogP contribution in [-0.4, -0.2) is 44.3 Å². The number of esters is 1. The molecule has 2 rings (SSSR count). The molecular weight excluding hydrogens is 482 g/mol. The van der Waals surface area contributed by atoms with Crippen LogP contribution in [0.4, 0.5) is 10.1 Å². The molecule has 2 aromatic rings. The molecule has 1 N–H and O–H groups in total. The molecule has 0 fully saturated rings. The lowest BCUT2D eigenvalue weighted by atomic mass is 10.3. The number of hydrogen-bond acceptors (Lipinski definition) is 5. The van der Waals surface area contributed by atoms with Crippen LogP contribution < -0.4 is 5.32 Å². The van der Waals surface area contributed by atoms with Crippen molar-refractivity contribution in [1.29, 1.82) is 0 Å². The van der Waals surface area contributed by atoms with E-state index in [9.17, 15) is 22.4 Å². The largest absolute Gasteiger partial charge is 0.452 e. The number of anilines is 1. The number of nitrogens with zero attached hydrogens (tertiary/aromatic N) is 1. The number of halogens is 4. The zero-order chi connectivity index (χ0) is 22.6. The summed E-state index contributed by atoms with van der Waals surface area (Å²) in [4.78, 5) is 24.1. The number of carbonyl (C=O) groups excluding carboxylic acids is 2. The van der Waals surface area contributed by atoms with Crippen molar-refractivity contribution in [3.8, 4) is 0 Å². The third kappa shape index (κ3) is 6.05. The molecule has 162 valence electrons. The first-order chi connectivity index (χ1) is 13.9. The molecule has 0 heterocycles. The Labute approximate surface area is 187 Å². The zero-order valence-corrected chi connectivity index (χ0v) is 18.7. The van der Waals surface area contributed by atoms with Gasteiger partial charge in [0.25, 0.3) is 5.91 Å². The molecule has 0 saturated carbocycles. The first-order valence-corrected chi connectivity index (χ1v) is 10.9. The van der Waals surface area contributed by atoms with Crippen molar-refractivity contribution >= 4 is 62.4 Å².